The maximum Gasteiger partial charge on any atom is 0.239 e. The number of thiazole rings is 1. The van der Waals surface area contributed by atoms with Gasteiger partial charge in [0, 0.05) is 30.9 Å². The van der Waals surface area contributed by atoms with Gasteiger partial charge in [0.15, 0.2) is 4.96 Å². The molecule has 8 heteroatoms. The summed E-state index contributed by atoms with van der Waals surface area (Å²) in [6, 6.07) is 5.92. The largest absolute Gasteiger partial charge is 0.350 e. The van der Waals surface area contributed by atoms with E-state index in [0.717, 1.165) is 10.5 Å². The molecule has 0 saturated heterocycles. The molecule has 0 spiro atoms. The molecule has 2 heterocycles. The number of fused-ring (bicyclic) bond motifs is 1. The number of nitrogens with zero attached hydrogens (tertiary/aromatic N) is 3. The zero-order valence-corrected chi connectivity index (χ0v) is 15.1. The van der Waals surface area contributed by atoms with Crippen molar-refractivity contribution in [3.63, 3.8) is 0 Å². The highest BCUT2D eigenvalue weighted by Gasteiger charge is 2.17. The minimum absolute atomic E-state index is 0.0151. The number of halogens is 1. The fourth-order valence-electron chi connectivity index (χ4n) is 2.54. The van der Waals surface area contributed by atoms with Crippen molar-refractivity contribution >= 4 is 28.1 Å². The van der Waals surface area contributed by atoms with E-state index in [1.807, 2.05) is 29.1 Å². The predicted octanol–water partition coefficient (Wildman–Crippen LogP) is 2.24. The van der Waals surface area contributed by atoms with E-state index in [-0.39, 0.29) is 30.6 Å². The maximum absolute atomic E-state index is 12.9. The van der Waals surface area contributed by atoms with Gasteiger partial charge in [-0.1, -0.05) is 12.1 Å². The Labute approximate surface area is 154 Å². The van der Waals surface area contributed by atoms with Gasteiger partial charge in [0.2, 0.25) is 11.8 Å². The molecule has 0 radical (unpaired) electrons. The number of hydrogen-bond acceptors (Lipinski definition) is 4. The standard InChI is InChI=1S/C18H19FN4O2S/c1-2-22(12-16(24)20-10-13-3-5-14(19)6-4-13)17(25)9-15-11-23-7-8-26-18(23)21-15/h3-8,11H,2,9-10,12H2,1H3,(H,20,24). The second-order valence-electron chi connectivity index (χ2n) is 5.81. The van der Waals surface area contributed by atoms with Crippen LogP contribution in [0.1, 0.15) is 18.2 Å². The number of imidazole rings is 1. The molecule has 0 aliphatic rings. The van der Waals surface area contributed by atoms with Crippen molar-refractivity contribution in [2.24, 2.45) is 0 Å². The lowest BCUT2D eigenvalue weighted by atomic mass is 10.2. The summed E-state index contributed by atoms with van der Waals surface area (Å²) in [6.45, 7) is 2.54. The summed E-state index contributed by atoms with van der Waals surface area (Å²) in [4.78, 5) is 31.3. The van der Waals surface area contributed by atoms with Crippen molar-refractivity contribution in [2.75, 3.05) is 13.1 Å². The van der Waals surface area contributed by atoms with Crippen molar-refractivity contribution < 1.29 is 14.0 Å². The lowest BCUT2D eigenvalue weighted by Crippen LogP contribution is -2.41. The Morgan fingerprint density at radius 1 is 1.31 bits per heavy atom. The van der Waals surface area contributed by atoms with Gasteiger partial charge < -0.3 is 10.2 Å². The number of aromatic nitrogens is 2. The summed E-state index contributed by atoms with van der Waals surface area (Å²) in [5, 5.41) is 4.67. The highest BCUT2D eigenvalue weighted by molar-refractivity contribution is 7.15. The Kier molecular flexibility index (Phi) is 5.62. The van der Waals surface area contributed by atoms with Gasteiger partial charge in [0.1, 0.15) is 5.82 Å². The topological polar surface area (TPSA) is 66.7 Å². The predicted molar refractivity (Wildman–Crippen MR) is 97.3 cm³/mol. The molecule has 3 aromatic rings. The fourth-order valence-corrected chi connectivity index (χ4v) is 3.26. The molecule has 0 fully saturated rings. The van der Waals surface area contributed by atoms with E-state index in [1.165, 1.54) is 28.4 Å². The lowest BCUT2D eigenvalue weighted by molar-refractivity contribution is -0.135. The molecule has 2 amide bonds. The summed E-state index contributed by atoms with van der Waals surface area (Å²) in [5.74, 6) is -0.715. The molecule has 0 saturated carbocycles. The number of carbonyl (C=O) groups excluding carboxylic acids is 2. The van der Waals surface area contributed by atoms with Crippen LogP contribution in [0.25, 0.3) is 4.96 Å². The van der Waals surface area contributed by atoms with Gasteiger partial charge in [-0.2, -0.15) is 0 Å². The van der Waals surface area contributed by atoms with Crippen LogP contribution in [0.3, 0.4) is 0 Å². The Morgan fingerprint density at radius 3 is 2.77 bits per heavy atom. The van der Waals surface area contributed by atoms with Crippen molar-refractivity contribution in [1.82, 2.24) is 19.6 Å². The first-order valence-electron chi connectivity index (χ1n) is 8.25. The van der Waals surface area contributed by atoms with Crippen LogP contribution in [-0.4, -0.2) is 39.2 Å². The van der Waals surface area contributed by atoms with E-state index in [1.54, 1.807) is 12.1 Å². The Balaban J connectivity index is 1.52. The van der Waals surface area contributed by atoms with Crippen LogP contribution in [0.2, 0.25) is 0 Å². The van der Waals surface area contributed by atoms with E-state index < -0.39 is 0 Å². The number of rotatable bonds is 7. The molecule has 2 aromatic heterocycles. The average molecular weight is 374 g/mol. The van der Waals surface area contributed by atoms with Crippen LogP contribution < -0.4 is 5.32 Å². The summed E-state index contributed by atoms with van der Waals surface area (Å²) < 4.78 is 14.8. The van der Waals surface area contributed by atoms with Gasteiger partial charge in [0.25, 0.3) is 0 Å². The Bertz CT molecular complexity index is 875. The van der Waals surface area contributed by atoms with Crippen LogP contribution in [0.5, 0.6) is 0 Å². The molecule has 3 rings (SSSR count). The highest BCUT2D eigenvalue weighted by atomic mass is 32.1. The molecule has 136 valence electrons. The monoisotopic (exact) mass is 374 g/mol. The number of hydrogen-bond donors (Lipinski definition) is 1. The van der Waals surface area contributed by atoms with Crippen LogP contribution in [0.15, 0.2) is 42.0 Å². The van der Waals surface area contributed by atoms with E-state index in [4.69, 9.17) is 0 Å². The van der Waals surface area contributed by atoms with Crippen molar-refractivity contribution in [2.45, 2.75) is 19.9 Å². The van der Waals surface area contributed by atoms with Crippen LogP contribution in [0, 0.1) is 5.82 Å². The summed E-state index contributed by atoms with van der Waals surface area (Å²) in [5.41, 5.74) is 1.49. The van der Waals surface area contributed by atoms with Gasteiger partial charge in [-0.25, -0.2) is 9.37 Å². The first kappa shape index (κ1) is 18.1. The second kappa shape index (κ2) is 8.09. The summed E-state index contributed by atoms with van der Waals surface area (Å²) in [6.07, 6.45) is 3.88. The molecule has 0 aliphatic carbocycles. The SMILES string of the molecule is CCN(CC(=O)NCc1ccc(F)cc1)C(=O)Cc1cn2ccsc2n1. The van der Waals surface area contributed by atoms with Crippen LogP contribution >= 0.6 is 11.3 Å². The highest BCUT2D eigenvalue weighted by Crippen LogP contribution is 2.12. The molecule has 6 nitrogen and oxygen atoms in total. The second-order valence-corrected chi connectivity index (χ2v) is 6.69. The summed E-state index contributed by atoms with van der Waals surface area (Å²) >= 11 is 1.50. The third-order valence-electron chi connectivity index (χ3n) is 3.95. The average Bonchev–Trinajstić information content (AvgIpc) is 3.20. The Morgan fingerprint density at radius 2 is 2.08 bits per heavy atom. The number of nitrogens with one attached hydrogen (secondary N) is 1. The molecule has 0 atom stereocenters. The zero-order valence-electron chi connectivity index (χ0n) is 14.3. The van der Waals surface area contributed by atoms with Crippen molar-refractivity contribution in [3.05, 3.63) is 59.1 Å². The molecule has 26 heavy (non-hydrogen) atoms. The minimum Gasteiger partial charge on any atom is -0.350 e. The van der Waals surface area contributed by atoms with Crippen molar-refractivity contribution in [3.8, 4) is 0 Å². The number of amides is 2. The quantitative estimate of drug-likeness (QED) is 0.690. The van der Waals surface area contributed by atoms with Gasteiger partial charge >= 0.3 is 0 Å². The normalized spacial score (nSPS) is 10.8. The number of benzene rings is 1. The number of likely N-dealkylation sites (N-methyl/N-ethyl adjacent to an activating group) is 1. The van der Waals surface area contributed by atoms with Crippen LogP contribution in [-0.2, 0) is 22.6 Å². The van der Waals surface area contributed by atoms with Gasteiger partial charge in [-0.05, 0) is 24.6 Å². The van der Waals surface area contributed by atoms with E-state index >= 15 is 0 Å². The fraction of sp³-hybridized carbons (Fsp3) is 0.278. The van der Waals surface area contributed by atoms with Gasteiger partial charge in [0.05, 0.1) is 18.7 Å². The molecular weight excluding hydrogens is 355 g/mol. The first-order chi connectivity index (χ1) is 12.5. The van der Waals surface area contributed by atoms with Crippen molar-refractivity contribution in [1.29, 1.82) is 0 Å². The molecule has 0 unspecified atom stereocenters. The summed E-state index contributed by atoms with van der Waals surface area (Å²) in [7, 11) is 0. The molecule has 1 aromatic carbocycles. The smallest absolute Gasteiger partial charge is 0.239 e. The maximum atomic E-state index is 12.9. The van der Waals surface area contributed by atoms with E-state index in [9.17, 15) is 14.0 Å². The third kappa shape index (κ3) is 4.45. The molecule has 0 bridgehead atoms. The molecule has 0 aliphatic heterocycles. The zero-order chi connectivity index (χ0) is 18.5. The minimum atomic E-state index is -0.318. The molecule has 1 N–H and O–H groups in total. The lowest BCUT2D eigenvalue weighted by Gasteiger charge is -2.20. The van der Waals surface area contributed by atoms with Gasteiger partial charge in [-0.3, -0.25) is 14.0 Å². The number of carbonyl (C=O) groups is 2. The first-order valence-corrected chi connectivity index (χ1v) is 9.13. The molecular formula is C18H19FN4O2S. The van der Waals surface area contributed by atoms with Crippen LogP contribution in [0.4, 0.5) is 4.39 Å². The third-order valence-corrected chi connectivity index (χ3v) is 4.72. The van der Waals surface area contributed by atoms with E-state index in [0.29, 0.717) is 18.8 Å². The van der Waals surface area contributed by atoms with Gasteiger partial charge in [-0.15, -0.1) is 11.3 Å². The van der Waals surface area contributed by atoms with E-state index in [2.05, 4.69) is 10.3 Å². The Hall–Kier alpha value is -2.74.